The van der Waals surface area contributed by atoms with Crippen molar-refractivity contribution in [1.29, 1.82) is 0 Å². The summed E-state index contributed by atoms with van der Waals surface area (Å²) >= 11 is 0. The first-order chi connectivity index (χ1) is 13.6. The summed E-state index contributed by atoms with van der Waals surface area (Å²) in [5.41, 5.74) is 1.65. The largest absolute Gasteiger partial charge is 0.379 e. The molecule has 28 heavy (non-hydrogen) atoms. The lowest BCUT2D eigenvalue weighted by atomic mass is 9.80. The van der Waals surface area contributed by atoms with Gasteiger partial charge in [0.05, 0.1) is 18.7 Å². The molecule has 1 atom stereocenters. The van der Waals surface area contributed by atoms with Crippen molar-refractivity contribution in [2.24, 2.45) is 18.4 Å². The molecule has 2 aliphatic heterocycles. The van der Waals surface area contributed by atoms with Crippen LogP contribution in [0.1, 0.15) is 36.2 Å². The second kappa shape index (κ2) is 7.16. The zero-order valence-corrected chi connectivity index (χ0v) is 16.8. The number of carbonyl (C=O) groups is 1. The van der Waals surface area contributed by atoms with Crippen LogP contribution in [0, 0.1) is 11.3 Å². The van der Waals surface area contributed by atoms with Gasteiger partial charge in [-0.15, -0.1) is 0 Å². The van der Waals surface area contributed by atoms with Gasteiger partial charge in [-0.05, 0) is 37.7 Å². The van der Waals surface area contributed by atoms with Crippen LogP contribution in [0.3, 0.4) is 0 Å². The van der Waals surface area contributed by atoms with E-state index in [2.05, 4.69) is 10.00 Å². The van der Waals surface area contributed by atoms with Gasteiger partial charge in [-0.25, -0.2) is 0 Å². The fraction of sp³-hybridized carbons (Fsp3) is 0.636. The molecule has 0 radical (unpaired) electrons. The van der Waals surface area contributed by atoms with Crippen LogP contribution in [-0.2, 0) is 11.8 Å². The van der Waals surface area contributed by atoms with Gasteiger partial charge in [-0.3, -0.25) is 9.48 Å². The van der Waals surface area contributed by atoms with Crippen molar-refractivity contribution in [3.8, 4) is 0 Å². The van der Waals surface area contributed by atoms with Crippen molar-refractivity contribution < 1.29 is 9.53 Å². The van der Waals surface area contributed by atoms with Crippen LogP contribution in [-0.4, -0.2) is 71.4 Å². The first-order valence-corrected chi connectivity index (χ1v) is 10.6. The van der Waals surface area contributed by atoms with E-state index in [-0.39, 0.29) is 11.3 Å². The minimum absolute atomic E-state index is 0.0594. The second-order valence-corrected chi connectivity index (χ2v) is 9.05. The Balaban J connectivity index is 1.37. The number of ether oxygens (including phenoxy) is 1. The molecule has 1 saturated carbocycles. The zero-order chi connectivity index (χ0) is 19.1. The van der Waals surface area contributed by atoms with Gasteiger partial charge in [0.25, 0.3) is 5.91 Å². The number of hydrogen-bond acceptors (Lipinski definition) is 4. The maximum absolute atomic E-state index is 13.4. The Kier molecular flexibility index (Phi) is 4.63. The maximum Gasteiger partial charge on any atom is 0.275 e. The number of hydrogen-bond donors (Lipinski definition) is 0. The van der Waals surface area contributed by atoms with E-state index >= 15 is 0 Å². The number of aromatic nitrogens is 2. The summed E-state index contributed by atoms with van der Waals surface area (Å²) in [6.07, 6.45) is 4.93. The van der Waals surface area contributed by atoms with Crippen molar-refractivity contribution >= 4 is 16.8 Å². The summed E-state index contributed by atoms with van der Waals surface area (Å²) in [6.45, 7) is 6.44. The van der Waals surface area contributed by atoms with Gasteiger partial charge in [-0.1, -0.05) is 18.2 Å². The summed E-state index contributed by atoms with van der Waals surface area (Å²) in [4.78, 5) is 18.0. The molecule has 3 fully saturated rings. The predicted molar refractivity (Wildman–Crippen MR) is 108 cm³/mol. The summed E-state index contributed by atoms with van der Waals surface area (Å²) in [6, 6.07) is 7.99. The lowest BCUT2D eigenvalue weighted by Gasteiger charge is -2.43. The molecule has 1 spiro atoms. The topological polar surface area (TPSA) is 50.6 Å². The molecule has 1 aliphatic carbocycles. The number of benzene rings is 1. The number of aryl methyl sites for hydroxylation is 1. The van der Waals surface area contributed by atoms with Crippen LogP contribution in [0.15, 0.2) is 24.3 Å². The monoisotopic (exact) mass is 382 g/mol. The van der Waals surface area contributed by atoms with E-state index in [1.807, 2.05) is 40.9 Å². The highest BCUT2D eigenvalue weighted by atomic mass is 16.5. The molecule has 1 aromatic carbocycles. The lowest BCUT2D eigenvalue weighted by Crippen LogP contribution is -2.52. The molecule has 0 bridgehead atoms. The number of amides is 1. The SMILES string of the molecule is Cn1nc(C(=O)N2CCC[C@@]3(COCCN(CC4CC4)C3)C2)c2ccccc21. The first-order valence-electron chi connectivity index (χ1n) is 10.6. The Labute approximate surface area is 166 Å². The highest BCUT2D eigenvalue weighted by Crippen LogP contribution is 2.36. The Bertz CT molecular complexity index is 875. The van der Waals surface area contributed by atoms with Crippen molar-refractivity contribution in [2.45, 2.75) is 25.7 Å². The average molecular weight is 383 g/mol. The van der Waals surface area contributed by atoms with Crippen LogP contribution in [0.5, 0.6) is 0 Å². The first kappa shape index (κ1) is 18.1. The van der Waals surface area contributed by atoms with Gasteiger partial charge in [-0.2, -0.15) is 5.10 Å². The van der Waals surface area contributed by atoms with Gasteiger partial charge >= 0.3 is 0 Å². The number of nitrogens with zero attached hydrogens (tertiary/aromatic N) is 4. The Morgan fingerprint density at radius 2 is 2.11 bits per heavy atom. The van der Waals surface area contributed by atoms with Crippen LogP contribution in [0.25, 0.3) is 10.9 Å². The number of carbonyl (C=O) groups excluding carboxylic acids is 1. The summed E-state index contributed by atoms with van der Waals surface area (Å²) in [5, 5.41) is 5.51. The molecular formula is C22H30N4O2. The molecule has 0 unspecified atom stereocenters. The van der Waals surface area contributed by atoms with Gasteiger partial charge in [0.15, 0.2) is 5.69 Å². The van der Waals surface area contributed by atoms with Crippen molar-refractivity contribution in [3.05, 3.63) is 30.0 Å². The van der Waals surface area contributed by atoms with E-state index in [4.69, 9.17) is 4.74 Å². The molecule has 6 nitrogen and oxygen atoms in total. The van der Waals surface area contributed by atoms with Crippen LogP contribution < -0.4 is 0 Å². The molecule has 3 heterocycles. The van der Waals surface area contributed by atoms with Crippen molar-refractivity contribution in [1.82, 2.24) is 19.6 Å². The van der Waals surface area contributed by atoms with Gasteiger partial charge < -0.3 is 14.5 Å². The minimum atomic E-state index is 0.0594. The number of fused-ring (bicyclic) bond motifs is 1. The fourth-order valence-electron chi connectivity index (χ4n) is 5.05. The van der Waals surface area contributed by atoms with E-state index < -0.39 is 0 Å². The number of piperidine rings is 1. The van der Waals surface area contributed by atoms with Gasteiger partial charge in [0.1, 0.15) is 0 Å². The average Bonchev–Trinajstić information content (AvgIpc) is 3.49. The van der Waals surface area contributed by atoms with E-state index in [1.54, 1.807) is 0 Å². The Morgan fingerprint density at radius 3 is 2.96 bits per heavy atom. The molecule has 150 valence electrons. The molecule has 0 N–H and O–H groups in total. The molecule has 3 aliphatic rings. The quantitative estimate of drug-likeness (QED) is 0.819. The highest BCUT2D eigenvalue weighted by Gasteiger charge is 2.41. The molecule has 1 aromatic heterocycles. The maximum atomic E-state index is 13.4. The number of rotatable bonds is 3. The van der Waals surface area contributed by atoms with E-state index in [0.717, 1.165) is 69.1 Å². The molecule has 2 aromatic rings. The summed E-state index contributed by atoms with van der Waals surface area (Å²) < 4.78 is 7.84. The second-order valence-electron chi connectivity index (χ2n) is 9.05. The minimum Gasteiger partial charge on any atom is -0.379 e. The molecule has 6 heteroatoms. The summed E-state index contributed by atoms with van der Waals surface area (Å²) in [5.74, 6) is 0.949. The zero-order valence-electron chi connectivity index (χ0n) is 16.8. The van der Waals surface area contributed by atoms with Gasteiger partial charge in [0.2, 0.25) is 0 Å². The highest BCUT2D eigenvalue weighted by molar-refractivity contribution is 6.04. The van der Waals surface area contributed by atoms with Crippen LogP contribution in [0.2, 0.25) is 0 Å². The normalized spacial score (nSPS) is 26.7. The predicted octanol–water partition coefficient (Wildman–Crippen LogP) is 2.54. The third-order valence-electron chi connectivity index (χ3n) is 6.64. The number of likely N-dealkylation sites (tertiary alicyclic amines) is 1. The summed E-state index contributed by atoms with van der Waals surface area (Å²) in [7, 11) is 1.91. The smallest absolute Gasteiger partial charge is 0.275 e. The molecular weight excluding hydrogens is 352 g/mol. The Morgan fingerprint density at radius 1 is 1.25 bits per heavy atom. The van der Waals surface area contributed by atoms with E-state index in [9.17, 15) is 4.79 Å². The van der Waals surface area contributed by atoms with Crippen molar-refractivity contribution in [2.75, 3.05) is 45.9 Å². The molecule has 1 amide bonds. The van der Waals surface area contributed by atoms with Gasteiger partial charge in [0, 0.05) is 50.6 Å². The van der Waals surface area contributed by atoms with Crippen LogP contribution in [0.4, 0.5) is 0 Å². The molecule has 5 rings (SSSR count). The van der Waals surface area contributed by atoms with E-state index in [0.29, 0.717) is 5.69 Å². The Hall–Kier alpha value is -1.92. The lowest BCUT2D eigenvalue weighted by molar-refractivity contribution is 0.00699. The van der Waals surface area contributed by atoms with Crippen LogP contribution >= 0.6 is 0 Å². The molecule has 2 saturated heterocycles. The fourth-order valence-corrected chi connectivity index (χ4v) is 5.05. The number of para-hydroxylation sites is 1. The standard InChI is InChI=1S/C22H30N4O2/c1-24-19-6-3-2-5-18(19)20(23-24)21(27)26-10-4-9-22(15-26)14-25(11-12-28-16-22)13-17-7-8-17/h2-3,5-6,17H,4,7-16H2,1H3/t22-/m0/s1. The third-order valence-corrected chi connectivity index (χ3v) is 6.64. The third kappa shape index (κ3) is 3.44. The van der Waals surface area contributed by atoms with Crippen molar-refractivity contribution in [3.63, 3.8) is 0 Å². The van der Waals surface area contributed by atoms with E-state index in [1.165, 1.54) is 19.4 Å².